The molecular weight excluding hydrogens is 390 g/mol. The van der Waals surface area contributed by atoms with Gasteiger partial charge < -0.3 is 10.1 Å². The van der Waals surface area contributed by atoms with Gasteiger partial charge in [-0.2, -0.15) is 5.01 Å². The molecule has 0 radical (unpaired) electrons. The molecule has 0 bridgehead atoms. The summed E-state index contributed by atoms with van der Waals surface area (Å²) in [5, 5.41) is 3.40. The number of carbonyl (C=O) groups excluding carboxylic acids is 3. The number of rotatable bonds is 6. The number of imide groups is 1. The molecule has 152 valence electrons. The minimum absolute atomic E-state index is 0.0835. The highest BCUT2D eigenvalue weighted by Crippen LogP contribution is 2.29. The van der Waals surface area contributed by atoms with E-state index >= 15 is 0 Å². The Morgan fingerprint density at radius 2 is 1.86 bits per heavy atom. The third kappa shape index (κ3) is 4.22. The zero-order valence-electron chi connectivity index (χ0n) is 16.7. The van der Waals surface area contributed by atoms with Crippen LogP contribution in [0.1, 0.15) is 23.6 Å². The van der Waals surface area contributed by atoms with E-state index in [1.165, 1.54) is 11.8 Å². The second-order valence-electron chi connectivity index (χ2n) is 7.02. The topological polar surface area (TPSA) is 87.7 Å². The van der Waals surface area contributed by atoms with Gasteiger partial charge in [-0.05, 0) is 50.1 Å². The molecule has 0 aromatic heterocycles. The third-order valence-corrected chi connectivity index (χ3v) is 5.96. The zero-order chi connectivity index (χ0) is 21.2. The Balaban J connectivity index is 1.66. The first kappa shape index (κ1) is 20.7. The van der Waals surface area contributed by atoms with Crippen molar-refractivity contribution in [2.24, 2.45) is 0 Å². The van der Waals surface area contributed by atoms with E-state index in [4.69, 9.17) is 4.74 Å². The predicted molar refractivity (Wildman–Crippen MR) is 111 cm³/mol. The fraction of sp³-hybridized carbons (Fsp3) is 0.286. The number of methoxy groups -OCH3 is 1. The molecule has 7 nitrogen and oxygen atoms in total. The molecule has 1 saturated heterocycles. The summed E-state index contributed by atoms with van der Waals surface area (Å²) >= 11 is 1.35. The highest BCUT2D eigenvalue weighted by molar-refractivity contribution is 8.00. The molecule has 1 aliphatic heterocycles. The van der Waals surface area contributed by atoms with Gasteiger partial charge in [-0.25, -0.2) is 4.79 Å². The van der Waals surface area contributed by atoms with E-state index < -0.39 is 23.4 Å². The third-order valence-electron chi connectivity index (χ3n) is 4.78. The van der Waals surface area contributed by atoms with Crippen LogP contribution in [-0.2, 0) is 15.1 Å². The Labute approximate surface area is 173 Å². The lowest BCUT2D eigenvalue weighted by Crippen LogP contribution is -2.48. The lowest BCUT2D eigenvalue weighted by Gasteiger charge is -2.22. The molecule has 1 fully saturated rings. The van der Waals surface area contributed by atoms with E-state index in [9.17, 15) is 14.4 Å². The number of nitrogens with one attached hydrogen (secondary N) is 2. The van der Waals surface area contributed by atoms with Crippen molar-refractivity contribution in [3.8, 4) is 5.75 Å². The maximum atomic E-state index is 12.9. The zero-order valence-corrected chi connectivity index (χ0v) is 17.6. The van der Waals surface area contributed by atoms with Gasteiger partial charge in [-0.1, -0.05) is 29.8 Å². The van der Waals surface area contributed by atoms with Crippen LogP contribution in [0.15, 0.2) is 47.4 Å². The summed E-state index contributed by atoms with van der Waals surface area (Å²) in [5.74, 6) is -0.252. The summed E-state index contributed by atoms with van der Waals surface area (Å²) in [4.78, 5) is 38.6. The minimum atomic E-state index is -1.27. The van der Waals surface area contributed by atoms with E-state index in [0.29, 0.717) is 11.3 Å². The Hall–Kier alpha value is -3.00. The highest BCUT2D eigenvalue weighted by Gasteiger charge is 2.50. The number of carbonyl (C=O) groups is 3. The van der Waals surface area contributed by atoms with Crippen LogP contribution in [0, 0.1) is 13.8 Å². The van der Waals surface area contributed by atoms with Crippen molar-refractivity contribution in [2.45, 2.75) is 31.2 Å². The van der Waals surface area contributed by atoms with Crippen molar-refractivity contribution in [3.05, 3.63) is 59.2 Å². The van der Waals surface area contributed by atoms with Gasteiger partial charge in [-0.3, -0.25) is 15.0 Å². The van der Waals surface area contributed by atoms with Gasteiger partial charge in [0.1, 0.15) is 11.3 Å². The molecule has 29 heavy (non-hydrogen) atoms. The van der Waals surface area contributed by atoms with E-state index in [0.717, 1.165) is 21.0 Å². The Bertz CT molecular complexity index is 961. The van der Waals surface area contributed by atoms with Gasteiger partial charge in [-0.15, -0.1) is 11.8 Å². The van der Waals surface area contributed by atoms with Crippen molar-refractivity contribution in [1.82, 2.24) is 15.8 Å². The number of aryl methyl sites for hydroxylation is 2. The monoisotopic (exact) mass is 413 g/mol. The summed E-state index contributed by atoms with van der Waals surface area (Å²) in [5.41, 5.74) is 3.96. The number of hydrogen-bond acceptors (Lipinski definition) is 5. The number of urea groups is 1. The van der Waals surface area contributed by atoms with Crippen LogP contribution in [0.5, 0.6) is 5.75 Å². The van der Waals surface area contributed by atoms with Crippen molar-refractivity contribution in [2.75, 3.05) is 12.9 Å². The highest BCUT2D eigenvalue weighted by atomic mass is 32.2. The Morgan fingerprint density at radius 1 is 1.17 bits per heavy atom. The lowest BCUT2D eigenvalue weighted by atomic mass is 9.92. The maximum absolute atomic E-state index is 12.9. The van der Waals surface area contributed by atoms with Gasteiger partial charge in [0.25, 0.3) is 5.91 Å². The van der Waals surface area contributed by atoms with Crippen LogP contribution >= 0.6 is 11.8 Å². The molecule has 0 aliphatic carbocycles. The van der Waals surface area contributed by atoms with E-state index in [1.807, 2.05) is 32.0 Å². The predicted octanol–water partition coefficient (Wildman–Crippen LogP) is 2.90. The molecule has 0 saturated carbocycles. The van der Waals surface area contributed by atoms with Crippen LogP contribution in [0.2, 0.25) is 0 Å². The summed E-state index contributed by atoms with van der Waals surface area (Å²) in [6, 6.07) is 12.1. The minimum Gasteiger partial charge on any atom is -0.497 e. The van der Waals surface area contributed by atoms with Crippen LogP contribution < -0.4 is 15.5 Å². The average molecular weight is 413 g/mol. The number of hydrazine groups is 1. The molecule has 2 N–H and O–H groups in total. The molecule has 1 heterocycles. The van der Waals surface area contributed by atoms with Crippen LogP contribution in [0.4, 0.5) is 4.79 Å². The summed E-state index contributed by atoms with van der Waals surface area (Å²) in [6.07, 6.45) is 0. The fourth-order valence-electron chi connectivity index (χ4n) is 3.12. The van der Waals surface area contributed by atoms with Gasteiger partial charge in [0, 0.05) is 4.90 Å². The summed E-state index contributed by atoms with van der Waals surface area (Å²) < 4.78 is 5.12. The Kier molecular flexibility index (Phi) is 5.83. The largest absolute Gasteiger partial charge is 0.497 e. The van der Waals surface area contributed by atoms with Gasteiger partial charge in [0.2, 0.25) is 5.91 Å². The Morgan fingerprint density at radius 3 is 2.48 bits per heavy atom. The molecule has 3 rings (SSSR count). The van der Waals surface area contributed by atoms with Crippen molar-refractivity contribution in [3.63, 3.8) is 0 Å². The number of amides is 4. The van der Waals surface area contributed by atoms with E-state index in [-0.39, 0.29) is 5.75 Å². The molecule has 2 aromatic carbocycles. The number of ether oxygens (including phenoxy) is 1. The van der Waals surface area contributed by atoms with Crippen LogP contribution in [0.3, 0.4) is 0 Å². The molecule has 1 aliphatic rings. The summed E-state index contributed by atoms with van der Waals surface area (Å²) in [7, 11) is 1.55. The molecule has 0 spiro atoms. The first-order chi connectivity index (χ1) is 13.7. The van der Waals surface area contributed by atoms with Crippen LogP contribution in [0.25, 0.3) is 0 Å². The normalized spacial score (nSPS) is 18.6. The molecule has 1 atom stereocenters. The maximum Gasteiger partial charge on any atom is 0.344 e. The van der Waals surface area contributed by atoms with Gasteiger partial charge in [0.15, 0.2) is 0 Å². The molecule has 4 amide bonds. The van der Waals surface area contributed by atoms with Gasteiger partial charge >= 0.3 is 6.03 Å². The molecule has 8 heteroatoms. The number of nitrogens with zero attached hydrogens (tertiary/aromatic N) is 1. The molecule has 0 unspecified atom stereocenters. The average Bonchev–Trinajstić information content (AvgIpc) is 2.91. The fourth-order valence-corrected chi connectivity index (χ4v) is 3.92. The SMILES string of the molecule is COc1ccc([C@@]2(C)NC(=O)N(NC(=O)CSc3ccc(C)cc3C)C2=O)cc1. The first-order valence-corrected chi connectivity index (χ1v) is 10.0. The number of benzene rings is 2. The lowest BCUT2D eigenvalue weighted by molar-refractivity contribution is -0.138. The smallest absolute Gasteiger partial charge is 0.344 e. The van der Waals surface area contributed by atoms with E-state index in [2.05, 4.69) is 10.7 Å². The second kappa shape index (κ2) is 8.16. The van der Waals surface area contributed by atoms with Crippen molar-refractivity contribution >= 4 is 29.6 Å². The second-order valence-corrected chi connectivity index (χ2v) is 8.03. The van der Waals surface area contributed by atoms with Crippen molar-refractivity contribution in [1.29, 1.82) is 0 Å². The summed E-state index contributed by atoms with van der Waals surface area (Å²) in [6.45, 7) is 5.59. The standard InChI is InChI=1S/C21H23N3O4S/c1-13-5-10-17(14(2)11-13)29-12-18(25)23-24-19(26)21(3,22-20(24)27)15-6-8-16(28-4)9-7-15/h5-11H,12H2,1-4H3,(H,22,27)(H,23,25)/t21-/m1/s1. The number of thioether (sulfide) groups is 1. The quantitative estimate of drug-likeness (QED) is 0.562. The van der Waals surface area contributed by atoms with Crippen molar-refractivity contribution < 1.29 is 19.1 Å². The van der Waals surface area contributed by atoms with E-state index in [1.54, 1.807) is 38.3 Å². The first-order valence-electron chi connectivity index (χ1n) is 9.05. The molecular formula is C21H23N3O4S. The molecule has 2 aromatic rings. The van der Waals surface area contributed by atoms with Gasteiger partial charge in [0.05, 0.1) is 12.9 Å². The number of hydrogen-bond donors (Lipinski definition) is 2. The van der Waals surface area contributed by atoms with Crippen LogP contribution in [-0.4, -0.2) is 35.7 Å².